The number of hydrogen-bond acceptors (Lipinski definition) is 1. The summed E-state index contributed by atoms with van der Waals surface area (Å²) in [4.78, 5) is 7.34. The van der Waals surface area contributed by atoms with E-state index in [1.165, 1.54) is 44.9 Å². The average molecular weight is 206 g/mol. The number of nitrogens with one attached hydrogen (secondary N) is 1. The molecule has 0 aliphatic heterocycles. The molecule has 1 aromatic rings. The predicted octanol–water partition coefficient (Wildman–Crippen LogP) is 3.87. The summed E-state index contributed by atoms with van der Waals surface area (Å²) in [6.45, 7) is 3.73. The zero-order chi connectivity index (χ0) is 10.8. The van der Waals surface area contributed by atoms with Crippen molar-refractivity contribution in [2.75, 3.05) is 0 Å². The van der Waals surface area contributed by atoms with Crippen molar-refractivity contribution in [2.45, 2.75) is 51.4 Å². The fourth-order valence-electron chi connectivity index (χ4n) is 1.72. The molecule has 0 saturated heterocycles. The van der Waals surface area contributed by atoms with Gasteiger partial charge in [-0.1, -0.05) is 31.8 Å². The standard InChI is InChI=1S/C13H22N2/c1-2-3-4-5-6-7-8-9-10-13-14-11-12-15-13/h2,11-12H,1,3-10H2,(H,14,15). The highest BCUT2D eigenvalue weighted by molar-refractivity contribution is 4.86. The molecule has 1 heterocycles. The lowest BCUT2D eigenvalue weighted by molar-refractivity contribution is 0.592. The van der Waals surface area contributed by atoms with Gasteiger partial charge >= 0.3 is 0 Å². The van der Waals surface area contributed by atoms with E-state index < -0.39 is 0 Å². The van der Waals surface area contributed by atoms with E-state index in [0.29, 0.717) is 0 Å². The zero-order valence-electron chi connectivity index (χ0n) is 9.54. The number of H-pyrrole nitrogens is 1. The maximum Gasteiger partial charge on any atom is 0.105 e. The van der Waals surface area contributed by atoms with Crippen molar-refractivity contribution in [3.8, 4) is 0 Å². The molecule has 0 atom stereocenters. The van der Waals surface area contributed by atoms with Crippen LogP contribution in [0.2, 0.25) is 0 Å². The summed E-state index contributed by atoms with van der Waals surface area (Å²) < 4.78 is 0. The van der Waals surface area contributed by atoms with Gasteiger partial charge in [0.2, 0.25) is 0 Å². The van der Waals surface area contributed by atoms with Gasteiger partial charge in [-0.15, -0.1) is 6.58 Å². The van der Waals surface area contributed by atoms with Crippen molar-refractivity contribution >= 4 is 0 Å². The summed E-state index contributed by atoms with van der Waals surface area (Å²) in [6.07, 6.45) is 16.0. The van der Waals surface area contributed by atoms with Gasteiger partial charge < -0.3 is 4.98 Å². The van der Waals surface area contributed by atoms with E-state index >= 15 is 0 Å². The molecule has 0 aliphatic carbocycles. The lowest BCUT2D eigenvalue weighted by atomic mass is 10.1. The normalized spacial score (nSPS) is 10.4. The molecule has 0 bridgehead atoms. The monoisotopic (exact) mass is 206 g/mol. The first-order chi connectivity index (χ1) is 7.43. The number of hydrogen-bond donors (Lipinski definition) is 1. The lowest BCUT2D eigenvalue weighted by Crippen LogP contribution is -1.88. The van der Waals surface area contributed by atoms with Crippen LogP contribution in [0, 0.1) is 0 Å². The second-order valence-electron chi connectivity index (χ2n) is 3.98. The Hall–Kier alpha value is -1.05. The van der Waals surface area contributed by atoms with E-state index in [9.17, 15) is 0 Å². The van der Waals surface area contributed by atoms with Crippen LogP contribution in [0.5, 0.6) is 0 Å². The van der Waals surface area contributed by atoms with Crippen LogP contribution in [-0.2, 0) is 6.42 Å². The second-order valence-corrected chi connectivity index (χ2v) is 3.98. The Morgan fingerprint density at radius 3 is 2.53 bits per heavy atom. The van der Waals surface area contributed by atoms with Crippen LogP contribution < -0.4 is 0 Å². The molecule has 1 N–H and O–H groups in total. The van der Waals surface area contributed by atoms with Gasteiger partial charge in [0.05, 0.1) is 0 Å². The Kier molecular flexibility index (Phi) is 6.63. The lowest BCUT2D eigenvalue weighted by Gasteiger charge is -1.99. The third kappa shape index (κ3) is 6.10. The largest absolute Gasteiger partial charge is 0.349 e. The van der Waals surface area contributed by atoms with Gasteiger partial charge in [-0.25, -0.2) is 4.98 Å². The van der Waals surface area contributed by atoms with Gasteiger partial charge in [0.25, 0.3) is 0 Å². The average Bonchev–Trinajstić information content (AvgIpc) is 2.75. The first-order valence-corrected chi connectivity index (χ1v) is 6.02. The Labute approximate surface area is 92.8 Å². The van der Waals surface area contributed by atoms with Crippen LogP contribution >= 0.6 is 0 Å². The van der Waals surface area contributed by atoms with Crippen LogP contribution in [0.15, 0.2) is 25.0 Å². The molecule has 0 aliphatic rings. The van der Waals surface area contributed by atoms with Crippen LogP contribution in [0.3, 0.4) is 0 Å². The van der Waals surface area contributed by atoms with E-state index in [4.69, 9.17) is 0 Å². The van der Waals surface area contributed by atoms with E-state index in [2.05, 4.69) is 16.5 Å². The molecule has 0 unspecified atom stereocenters. The first-order valence-electron chi connectivity index (χ1n) is 6.02. The topological polar surface area (TPSA) is 28.7 Å². The Morgan fingerprint density at radius 2 is 1.87 bits per heavy atom. The molecule has 2 nitrogen and oxygen atoms in total. The number of imidazole rings is 1. The molecular weight excluding hydrogens is 184 g/mol. The molecule has 1 aromatic heterocycles. The number of allylic oxidation sites excluding steroid dienone is 1. The van der Waals surface area contributed by atoms with Crippen molar-refractivity contribution in [3.63, 3.8) is 0 Å². The smallest absolute Gasteiger partial charge is 0.105 e. The molecule has 0 saturated carbocycles. The van der Waals surface area contributed by atoms with Crippen LogP contribution in [-0.4, -0.2) is 9.97 Å². The molecule has 0 amide bonds. The maximum absolute atomic E-state index is 4.21. The maximum atomic E-state index is 4.21. The minimum absolute atomic E-state index is 1.10. The summed E-state index contributed by atoms with van der Waals surface area (Å²) in [5.41, 5.74) is 0. The Bertz CT molecular complexity index is 239. The van der Waals surface area contributed by atoms with Gasteiger partial charge in [-0.2, -0.15) is 0 Å². The van der Waals surface area contributed by atoms with Gasteiger partial charge in [-0.3, -0.25) is 0 Å². The molecule has 2 heteroatoms. The third-order valence-corrected chi connectivity index (χ3v) is 2.63. The predicted molar refractivity (Wildman–Crippen MR) is 64.8 cm³/mol. The SMILES string of the molecule is C=CCCCCCCCCc1ncc[nH]1. The summed E-state index contributed by atoms with van der Waals surface area (Å²) in [5, 5.41) is 0. The highest BCUT2D eigenvalue weighted by Crippen LogP contribution is 2.08. The number of rotatable bonds is 9. The van der Waals surface area contributed by atoms with E-state index in [1.54, 1.807) is 0 Å². The van der Waals surface area contributed by atoms with Crippen molar-refractivity contribution in [1.82, 2.24) is 9.97 Å². The molecule has 84 valence electrons. The van der Waals surface area contributed by atoms with Gasteiger partial charge in [0, 0.05) is 18.8 Å². The molecule has 15 heavy (non-hydrogen) atoms. The highest BCUT2D eigenvalue weighted by atomic mass is 14.9. The van der Waals surface area contributed by atoms with Crippen molar-refractivity contribution in [1.29, 1.82) is 0 Å². The van der Waals surface area contributed by atoms with E-state index in [-0.39, 0.29) is 0 Å². The number of aromatic amines is 1. The fraction of sp³-hybridized carbons (Fsp3) is 0.615. The highest BCUT2D eigenvalue weighted by Gasteiger charge is 1.94. The Balaban J connectivity index is 1.83. The molecule has 1 rings (SSSR count). The van der Waals surface area contributed by atoms with Gasteiger partial charge in [0.1, 0.15) is 5.82 Å². The molecule has 0 aromatic carbocycles. The van der Waals surface area contributed by atoms with Gasteiger partial charge in [-0.05, 0) is 19.3 Å². The number of nitrogens with zero attached hydrogens (tertiary/aromatic N) is 1. The molecular formula is C13H22N2. The quantitative estimate of drug-likeness (QED) is 0.482. The minimum atomic E-state index is 1.10. The second kappa shape index (κ2) is 8.27. The zero-order valence-corrected chi connectivity index (χ0v) is 9.54. The summed E-state index contributed by atoms with van der Waals surface area (Å²) in [6, 6.07) is 0. The molecule has 0 radical (unpaired) electrons. The molecule has 0 fully saturated rings. The van der Waals surface area contributed by atoms with Crippen LogP contribution in [0.4, 0.5) is 0 Å². The number of unbranched alkanes of at least 4 members (excludes halogenated alkanes) is 6. The van der Waals surface area contributed by atoms with Crippen molar-refractivity contribution in [3.05, 3.63) is 30.9 Å². The number of aryl methyl sites for hydroxylation is 1. The van der Waals surface area contributed by atoms with Crippen LogP contribution in [0.1, 0.15) is 50.8 Å². The van der Waals surface area contributed by atoms with E-state index in [1.807, 2.05) is 18.5 Å². The van der Waals surface area contributed by atoms with E-state index in [0.717, 1.165) is 12.2 Å². The Morgan fingerprint density at radius 1 is 1.13 bits per heavy atom. The fourth-order valence-corrected chi connectivity index (χ4v) is 1.72. The number of aromatic nitrogens is 2. The van der Waals surface area contributed by atoms with Crippen LogP contribution in [0.25, 0.3) is 0 Å². The molecule has 0 spiro atoms. The first kappa shape index (κ1) is 12.0. The summed E-state index contributed by atoms with van der Waals surface area (Å²) in [7, 11) is 0. The summed E-state index contributed by atoms with van der Waals surface area (Å²) in [5.74, 6) is 1.13. The van der Waals surface area contributed by atoms with Gasteiger partial charge in [0.15, 0.2) is 0 Å². The third-order valence-electron chi connectivity index (χ3n) is 2.63. The van der Waals surface area contributed by atoms with Crippen molar-refractivity contribution < 1.29 is 0 Å². The van der Waals surface area contributed by atoms with Crippen molar-refractivity contribution in [2.24, 2.45) is 0 Å². The summed E-state index contributed by atoms with van der Waals surface area (Å²) >= 11 is 0. The minimum Gasteiger partial charge on any atom is -0.349 e.